The molecule has 0 amide bonds. The zero-order valence-corrected chi connectivity index (χ0v) is 12.4. The fourth-order valence-corrected chi connectivity index (χ4v) is 5.23. The Morgan fingerprint density at radius 3 is 2.35 bits per heavy atom. The Balaban J connectivity index is 2.14. The molecule has 1 atom stereocenters. The Bertz CT molecular complexity index is 569. The van der Waals surface area contributed by atoms with Gasteiger partial charge >= 0.3 is 6.18 Å². The molecule has 20 heavy (non-hydrogen) atoms. The minimum absolute atomic E-state index is 0.116. The highest BCUT2D eigenvalue weighted by Gasteiger charge is 2.33. The second-order valence-electron chi connectivity index (χ2n) is 4.53. The lowest BCUT2D eigenvalue weighted by Crippen LogP contribution is -2.34. The number of rotatable bonds is 3. The molecule has 0 aliphatic carbocycles. The SMILES string of the molecule is CC1SCCN1S(=O)(=O)Cc1ccc(C(F)(F)F)cc1. The number of alkyl halides is 3. The van der Waals surface area contributed by atoms with Gasteiger partial charge in [0.15, 0.2) is 0 Å². The van der Waals surface area contributed by atoms with E-state index in [9.17, 15) is 21.6 Å². The third-order valence-electron chi connectivity index (χ3n) is 3.06. The summed E-state index contributed by atoms with van der Waals surface area (Å²) in [6.07, 6.45) is -4.41. The Morgan fingerprint density at radius 2 is 1.90 bits per heavy atom. The van der Waals surface area contributed by atoms with E-state index in [1.165, 1.54) is 16.4 Å². The molecule has 1 aromatic rings. The number of hydrogen-bond donors (Lipinski definition) is 0. The first-order valence-electron chi connectivity index (χ1n) is 5.97. The zero-order chi connectivity index (χ0) is 15.0. The lowest BCUT2D eigenvalue weighted by Gasteiger charge is -2.20. The predicted octanol–water partition coefficient (Wildman–Crippen LogP) is 2.93. The maximum atomic E-state index is 12.4. The molecule has 0 saturated carbocycles. The van der Waals surface area contributed by atoms with Crippen LogP contribution in [0.4, 0.5) is 13.2 Å². The molecule has 1 aromatic carbocycles. The van der Waals surface area contributed by atoms with Crippen LogP contribution in [0.5, 0.6) is 0 Å². The molecule has 2 rings (SSSR count). The molecule has 1 saturated heterocycles. The molecule has 0 N–H and O–H groups in total. The first kappa shape index (κ1) is 15.7. The summed E-state index contributed by atoms with van der Waals surface area (Å²) in [5.74, 6) is 0.476. The molecule has 0 bridgehead atoms. The van der Waals surface area contributed by atoms with Gasteiger partial charge in [-0.05, 0) is 24.6 Å². The van der Waals surface area contributed by atoms with E-state index in [2.05, 4.69) is 0 Å². The Morgan fingerprint density at radius 1 is 1.30 bits per heavy atom. The number of benzene rings is 1. The van der Waals surface area contributed by atoms with Gasteiger partial charge in [0.25, 0.3) is 0 Å². The quantitative estimate of drug-likeness (QED) is 0.857. The van der Waals surface area contributed by atoms with E-state index in [0.29, 0.717) is 12.1 Å². The normalized spacial score (nSPS) is 21.3. The highest BCUT2D eigenvalue weighted by atomic mass is 32.2. The van der Waals surface area contributed by atoms with E-state index in [1.807, 2.05) is 6.92 Å². The molecule has 1 aliphatic rings. The molecule has 8 heteroatoms. The van der Waals surface area contributed by atoms with Gasteiger partial charge in [0.1, 0.15) is 0 Å². The van der Waals surface area contributed by atoms with Gasteiger partial charge in [-0.15, -0.1) is 11.8 Å². The van der Waals surface area contributed by atoms with Gasteiger partial charge in [-0.3, -0.25) is 0 Å². The summed E-state index contributed by atoms with van der Waals surface area (Å²) in [5.41, 5.74) is -0.411. The maximum absolute atomic E-state index is 12.4. The lowest BCUT2D eigenvalue weighted by atomic mass is 10.1. The van der Waals surface area contributed by atoms with Gasteiger partial charge in [0.05, 0.1) is 16.7 Å². The third-order valence-corrected chi connectivity index (χ3v) is 6.26. The molecular weight excluding hydrogens is 311 g/mol. The van der Waals surface area contributed by atoms with Gasteiger partial charge in [0.2, 0.25) is 10.0 Å². The first-order chi connectivity index (χ1) is 9.20. The van der Waals surface area contributed by atoms with Crippen molar-refractivity contribution in [3.8, 4) is 0 Å². The zero-order valence-electron chi connectivity index (χ0n) is 10.7. The average molecular weight is 325 g/mol. The Labute approximate surface area is 120 Å². The summed E-state index contributed by atoms with van der Waals surface area (Å²) < 4.78 is 63.0. The molecule has 1 fully saturated rings. The van der Waals surface area contributed by atoms with E-state index in [1.54, 1.807) is 11.8 Å². The van der Waals surface area contributed by atoms with Crippen LogP contribution in [0.2, 0.25) is 0 Å². The van der Waals surface area contributed by atoms with Crippen LogP contribution in [0, 0.1) is 0 Å². The van der Waals surface area contributed by atoms with Crippen LogP contribution in [0.1, 0.15) is 18.1 Å². The number of hydrogen-bond acceptors (Lipinski definition) is 3. The van der Waals surface area contributed by atoms with Gasteiger partial charge in [-0.2, -0.15) is 17.5 Å². The van der Waals surface area contributed by atoms with Crippen LogP contribution in [-0.4, -0.2) is 30.4 Å². The molecule has 112 valence electrons. The second-order valence-corrected chi connectivity index (χ2v) is 7.88. The van der Waals surface area contributed by atoms with E-state index in [-0.39, 0.29) is 11.1 Å². The lowest BCUT2D eigenvalue weighted by molar-refractivity contribution is -0.137. The second kappa shape index (κ2) is 5.57. The minimum Gasteiger partial charge on any atom is -0.212 e. The highest BCUT2D eigenvalue weighted by molar-refractivity contribution is 8.01. The fourth-order valence-electron chi connectivity index (χ4n) is 2.03. The van der Waals surface area contributed by atoms with Crippen LogP contribution in [0.3, 0.4) is 0 Å². The maximum Gasteiger partial charge on any atom is 0.416 e. The van der Waals surface area contributed by atoms with E-state index in [4.69, 9.17) is 0 Å². The fraction of sp³-hybridized carbons (Fsp3) is 0.500. The van der Waals surface area contributed by atoms with Crippen molar-refractivity contribution in [2.24, 2.45) is 0 Å². The smallest absolute Gasteiger partial charge is 0.212 e. The topological polar surface area (TPSA) is 37.4 Å². The molecule has 0 aromatic heterocycles. The van der Waals surface area contributed by atoms with Crippen LogP contribution in [0.15, 0.2) is 24.3 Å². The predicted molar refractivity (Wildman–Crippen MR) is 72.7 cm³/mol. The van der Waals surface area contributed by atoms with Gasteiger partial charge in [-0.1, -0.05) is 12.1 Å². The number of halogens is 3. The standard InChI is InChI=1S/C12H14F3NO2S2/c1-9-16(6-7-19-9)20(17,18)8-10-2-4-11(5-3-10)12(13,14)15/h2-5,9H,6-8H2,1H3. The summed E-state index contributed by atoms with van der Waals surface area (Å²) in [6, 6.07) is 4.25. The van der Waals surface area contributed by atoms with E-state index >= 15 is 0 Å². The summed E-state index contributed by atoms with van der Waals surface area (Å²) in [4.78, 5) is 0. The van der Waals surface area contributed by atoms with Crippen molar-refractivity contribution in [1.82, 2.24) is 4.31 Å². The van der Waals surface area contributed by atoms with Crippen molar-refractivity contribution in [3.05, 3.63) is 35.4 Å². The van der Waals surface area contributed by atoms with Crippen LogP contribution in [-0.2, 0) is 22.0 Å². The number of nitrogens with zero attached hydrogens (tertiary/aromatic N) is 1. The average Bonchev–Trinajstić information content (AvgIpc) is 2.75. The van der Waals surface area contributed by atoms with Crippen molar-refractivity contribution in [2.45, 2.75) is 24.2 Å². The van der Waals surface area contributed by atoms with Crippen LogP contribution >= 0.6 is 11.8 Å². The summed E-state index contributed by atoms with van der Waals surface area (Å²) in [7, 11) is -3.48. The minimum atomic E-state index is -4.41. The summed E-state index contributed by atoms with van der Waals surface area (Å²) in [5, 5.41) is -0.116. The van der Waals surface area contributed by atoms with Crippen molar-refractivity contribution in [2.75, 3.05) is 12.3 Å². The third kappa shape index (κ3) is 3.48. The molecule has 1 heterocycles. The van der Waals surface area contributed by atoms with E-state index < -0.39 is 21.8 Å². The molecule has 1 unspecified atom stereocenters. The van der Waals surface area contributed by atoms with E-state index in [0.717, 1.165) is 17.9 Å². The molecule has 3 nitrogen and oxygen atoms in total. The van der Waals surface area contributed by atoms with Gasteiger partial charge < -0.3 is 0 Å². The van der Waals surface area contributed by atoms with Crippen molar-refractivity contribution >= 4 is 21.8 Å². The molecule has 0 radical (unpaired) electrons. The highest BCUT2D eigenvalue weighted by Crippen LogP contribution is 2.30. The number of thioether (sulfide) groups is 1. The van der Waals surface area contributed by atoms with Crippen molar-refractivity contribution in [3.63, 3.8) is 0 Å². The van der Waals surface area contributed by atoms with Crippen molar-refractivity contribution in [1.29, 1.82) is 0 Å². The first-order valence-corrected chi connectivity index (χ1v) is 8.63. The summed E-state index contributed by atoms with van der Waals surface area (Å²) in [6.45, 7) is 2.26. The van der Waals surface area contributed by atoms with Crippen LogP contribution < -0.4 is 0 Å². The molecule has 1 aliphatic heterocycles. The molecule has 0 spiro atoms. The van der Waals surface area contributed by atoms with Gasteiger partial charge in [0, 0.05) is 12.3 Å². The van der Waals surface area contributed by atoms with Gasteiger partial charge in [-0.25, -0.2) is 8.42 Å². The largest absolute Gasteiger partial charge is 0.416 e. The van der Waals surface area contributed by atoms with Crippen molar-refractivity contribution < 1.29 is 21.6 Å². The summed E-state index contributed by atoms with van der Waals surface area (Å²) >= 11 is 1.55. The Hall–Kier alpha value is -0.730. The Kier molecular flexibility index (Phi) is 4.36. The number of sulfonamides is 1. The monoisotopic (exact) mass is 325 g/mol. The molecular formula is C12H14F3NO2S2. The van der Waals surface area contributed by atoms with Crippen LogP contribution in [0.25, 0.3) is 0 Å².